The van der Waals surface area contributed by atoms with Gasteiger partial charge >= 0.3 is 6.03 Å². The van der Waals surface area contributed by atoms with E-state index in [9.17, 15) is 9.59 Å². The molecule has 12 nitrogen and oxygen atoms in total. The summed E-state index contributed by atoms with van der Waals surface area (Å²) in [7, 11) is 1.59. The average molecular weight is 616 g/mol. The number of methoxy groups -OCH3 is 1. The molecule has 1 saturated heterocycles. The van der Waals surface area contributed by atoms with Gasteiger partial charge in [-0.05, 0) is 62.3 Å². The van der Waals surface area contributed by atoms with Gasteiger partial charge in [-0.2, -0.15) is 5.10 Å². The van der Waals surface area contributed by atoms with Crippen LogP contribution in [0.3, 0.4) is 0 Å². The van der Waals surface area contributed by atoms with Gasteiger partial charge in [0.1, 0.15) is 29.7 Å². The lowest BCUT2D eigenvalue weighted by molar-refractivity contribution is -0.114. The Bertz CT molecular complexity index is 1640. The van der Waals surface area contributed by atoms with Crippen LogP contribution in [0.5, 0.6) is 17.2 Å². The molecular weight excluding hydrogens is 574 g/mol. The van der Waals surface area contributed by atoms with Crippen molar-refractivity contribution in [1.82, 2.24) is 20.1 Å². The molecule has 238 valence electrons. The molecule has 0 unspecified atom stereocenters. The number of rotatable bonds is 10. The highest BCUT2D eigenvalue weighted by Gasteiger charge is 2.25. The molecule has 3 heterocycles. The van der Waals surface area contributed by atoms with Gasteiger partial charge in [0, 0.05) is 48.9 Å². The third-order valence-electron chi connectivity index (χ3n) is 7.40. The second kappa shape index (κ2) is 14.0. The Morgan fingerprint density at radius 1 is 0.978 bits per heavy atom. The lowest BCUT2D eigenvalue weighted by Crippen LogP contribution is -2.31. The van der Waals surface area contributed by atoms with E-state index in [1.54, 1.807) is 55.8 Å². The number of nitrogens with zero attached hydrogens (tertiary/aromatic N) is 3. The lowest BCUT2D eigenvalue weighted by Gasteiger charge is -2.25. The van der Waals surface area contributed by atoms with Crippen LogP contribution >= 0.6 is 0 Å². The number of anilines is 3. The number of ether oxygens (including phenoxy) is 3. The predicted octanol–water partition coefficient (Wildman–Crippen LogP) is 6.07. The molecular formula is C33H41N7O5. The molecule has 0 saturated carbocycles. The molecule has 1 aliphatic rings. The molecule has 5 rings (SSSR count). The van der Waals surface area contributed by atoms with Crippen molar-refractivity contribution >= 4 is 40.0 Å². The summed E-state index contributed by atoms with van der Waals surface area (Å²) in [6.45, 7) is 10.3. The molecule has 0 atom stereocenters. The standard InChI is InChI=1S/C33H41N7O5/c1-21(41)36-27-18-25-26(19-29(27)44-17-16-43-5)35-15-12-28(25)45-24-8-6-22(7-9-24)37-32(42)38-31-20-30(33(2,3)4)39-40(31)23-10-13-34-14-11-23/h6-9,12,15,18-20,23,34H,10-11,13-14,16-17H2,1-5H3,(H,36,41)(H2,37,38,42). The SMILES string of the molecule is COCCOc1cc2nccc(Oc3ccc(NC(=O)Nc4cc(C(C)(C)C)nn4C4CCNCC4)cc3)c2cc1NC(C)=O. The van der Waals surface area contributed by atoms with Gasteiger partial charge in [-0.15, -0.1) is 0 Å². The number of hydrogen-bond donors (Lipinski definition) is 4. The van der Waals surface area contributed by atoms with E-state index in [0.29, 0.717) is 58.6 Å². The van der Waals surface area contributed by atoms with Crippen molar-refractivity contribution in [3.05, 3.63) is 60.4 Å². The second-order valence-electron chi connectivity index (χ2n) is 12.0. The van der Waals surface area contributed by atoms with E-state index >= 15 is 0 Å². The minimum atomic E-state index is -0.353. The van der Waals surface area contributed by atoms with Crippen molar-refractivity contribution in [3.63, 3.8) is 0 Å². The van der Waals surface area contributed by atoms with Crippen LogP contribution in [0, 0.1) is 0 Å². The zero-order valence-electron chi connectivity index (χ0n) is 26.4. The Morgan fingerprint density at radius 3 is 2.42 bits per heavy atom. The summed E-state index contributed by atoms with van der Waals surface area (Å²) in [5.41, 5.74) is 2.54. The third-order valence-corrected chi connectivity index (χ3v) is 7.40. The Balaban J connectivity index is 1.29. The van der Waals surface area contributed by atoms with Crippen LogP contribution in [0.1, 0.15) is 52.3 Å². The zero-order valence-corrected chi connectivity index (χ0v) is 26.4. The highest BCUT2D eigenvalue weighted by atomic mass is 16.5. The first kappa shape index (κ1) is 31.7. The Morgan fingerprint density at radius 2 is 1.73 bits per heavy atom. The van der Waals surface area contributed by atoms with E-state index in [0.717, 1.165) is 31.6 Å². The summed E-state index contributed by atoms with van der Waals surface area (Å²) >= 11 is 0. The van der Waals surface area contributed by atoms with Gasteiger partial charge < -0.3 is 30.2 Å². The van der Waals surface area contributed by atoms with Crippen LogP contribution < -0.4 is 30.7 Å². The van der Waals surface area contributed by atoms with E-state index in [4.69, 9.17) is 19.3 Å². The maximum atomic E-state index is 13.1. The Labute approximate surface area is 262 Å². The van der Waals surface area contributed by atoms with Crippen LogP contribution in [0.4, 0.5) is 22.0 Å². The molecule has 4 aromatic rings. The quantitative estimate of drug-likeness (QED) is 0.158. The molecule has 1 aliphatic heterocycles. The summed E-state index contributed by atoms with van der Waals surface area (Å²) < 4.78 is 19.1. The van der Waals surface area contributed by atoms with Crippen molar-refractivity contribution in [2.75, 3.05) is 49.4 Å². The number of urea groups is 1. The average Bonchev–Trinajstić information content (AvgIpc) is 3.43. The molecule has 3 amide bonds. The van der Waals surface area contributed by atoms with Crippen LogP contribution in [0.2, 0.25) is 0 Å². The van der Waals surface area contributed by atoms with Crippen LogP contribution in [0.25, 0.3) is 10.9 Å². The normalized spacial score (nSPS) is 13.8. The summed E-state index contributed by atoms with van der Waals surface area (Å²) in [5, 5.41) is 17.7. The fourth-order valence-electron chi connectivity index (χ4n) is 5.07. The van der Waals surface area contributed by atoms with Crippen molar-refractivity contribution in [2.45, 2.75) is 52.0 Å². The van der Waals surface area contributed by atoms with E-state index in [-0.39, 0.29) is 23.4 Å². The highest BCUT2D eigenvalue weighted by Crippen LogP contribution is 2.36. The minimum Gasteiger partial charge on any atom is -0.489 e. The number of pyridine rings is 1. The van der Waals surface area contributed by atoms with Crippen LogP contribution in [-0.2, 0) is 14.9 Å². The molecule has 4 N–H and O–H groups in total. The van der Waals surface area contributed by atoms with Crippen molar-refractivity contribution in [2.24, 2.45) is 0 Å². The van der Waals surface area contributed by atoms with Crippen molar-refractivity contribution < 1.29 is 23.8 Å². The molecule has 0 bridgehead atoms. The number of carbonyl (C=O) groups is 2. The van der Waals surface area contributed by atoms with Crippen molar-refractivity contribution in [1.29, 1.82) is 0 Å². The first-order chi connectivity index (χ1) is 21.6. The van der Waals surface area contributed by atoms with Gasteiger partial charge in [0.2, 0.25) is 5.91 Å². The summed E-state index contributed by atoms with van der Waals surface area (Å²) in [4.78, 5) is 29.4. The van der Waals surface area contributed by atoms with E-state index in [1.807, 2.05) is 10.7 Å². The van der Waals surface area contributed by atoms with Gasteiger partial charge in [-0.3, -0.25) is 15.1 Å². The fraction of sp³-hybridized carbons (Fsp3) is 0.394. The largest absolute Gasteiger partial charge is 0.489 e. The summed E-state index contributed by atoms with van der Waals surface area (Å²) in [5.74, 6) is 2.05. The van der Waals surface area contributed by atoms with Gasteiger partial charge in [-0.1, -0.05) is 20.8 Å². The molecule has 0 aliphatic carbocycles. The number of carbonyl (C=O) groups excluding carboxylic acids is 2. The predicted molar refractivity (Wildman–Crippen MR) is 175 cm³/mol. The monoisotopic (exact) mass is 615 g/mol. The number of piperidine rings is 1. The van der Waals surface area contributed by atoms with Gasteiger partial charge in [0.25, 0.3) is 0 Å². The maximum absolute atomic E-state index is 13.1. The van der Waals surface area contributed by atoms with Crippen LogP contribution in [0.15, 0.2) is 54.7 Å². The first-order valence-electron chi connectivity index (χ1n) is 15.1. The van der Waals surface area contributed by atoms with Gasteiger partial charge in [0.15, 0.2) is 0 Å². The number of amides is 3. The second-order valence-corrected chi connectivity index (χ2v) is 12.0. The van der Waals surface area contributed by atoms with Gasteiger partial charge in [-0.25, -0.2) is 9.48 Å². The molecule has 45 heavy (non-hydrogen) atoms. The topological polar surface area (TPSA) is 141 Å². The van der Waals surface area contributed by atoms with E-state index in [2.05, 4.69) is 47.0 Å². The fourth-order valence-corrected chi connectivity index (χ4v) is 5.07. The molecule has 2 aromatic carbocycles. The smallest absolute Gasteiger partial charge is 0.324 e. The lowest BCUT2D eigenvalue weighted by atomic mass is 9.92. The van der Waals surface area contributed by atoms with E-state index in [1.165, 1.54) is 6.92 Å². The zero-order chi connectivity index (χ0) is 32.0. The van der Waals surface area contributed by atoms with Crippen LogP contribution in [-0.4, -0.2) is 60.1 Å². The Hall–Kier alpha value is -4.68. The number of benzene rings is 2. The van der Waals surface area contributed by atoms with Gasteiger partial charge in [0.05, 0.1) is 29.5 Å². The Kier molecular flexibility index (Phi) is 9.84. The number of aromatic nitrogens is 3. The summed E-state index contributed by atoms with van der Waals surface area (Å²) in [6, 6.07) is 14.2. The number of hydrogen-bond acceptors (Lipinski definition) is 8. The minimum absolute atomic E-state index is 0.146. The first-order valence-corrected chi connectivity index (χ1v) is 15.1. The third kappa shape index (κ3) is 8.08. The number of nitrogens with one attached hydrogen (secondary N) is 4. The molecule has 12 heteroatoms. The summed E-state index contributed by atoms with van der Waals surface area (Å²) in [6.07, 6.45) is 3.55. The molecule has 1 fully saturated rings. The maximum Gasteiger partial charge on any atom is 0.324 e. The van der Waals surface area contributed by atoms with Crippen molar-refractivity contribution in [3.8, 4) is 17.2 Å². The molecule has 0 radical (unpaired) electrons. The van der Waals surface area contributed by atoms with E-state index < -0.39 is 0 Å². The number of fused-ring (bicyclic) bond motifs is 1. The molecule has 0 spiro atoms. The highest BCUT2D eigenvalue weighted by molar-refractivity contribution is 5.99. The molecule has 2 aromatic heterocycles.